The number of quaternary nitrogens is 1. The van der Waals surface area contributed by atoms with Crippen molar-refractivity contribution in [3.05, 3.63) is 17.9 Å². The van der Waals surface area contributed by atoms with E-state index in [1.165, 1.54) is 11.0 Å². The summed E-state index contributed by atoms with van der Waals surface area (Å²) in [6, 6.07) is 2.90. The lowest BCUT2D eigenvalue weighted by Crippen LogP contribution is -2.42. The number of hydrogen-bond donors (Lipinski definition) is 2. The highest BCUT2D eigenvalue weighted by atomic mass is 19.1. The molecule has 0 saturated carbocycles. The predicted molar refractivity (Wildman–Crippen MR) is 77.6 cm³/mol. The molecule has 0 heterocycles. The average Bonchev–Trinajstić information content (AvgIpc) is 2.32. The summed E-state index contributed by atoms with van der Waals surface area (Å²) >= 11 is 0. The van der Waals surface area contributed by atoms with Gasteiger partial charge in [-0.05, 0) is 20.3 Å². The minimum atomic E-state index is -0.868. The summed E-state index contributed by atoms with van der Waals surface area (Å²) in [5.41, 5.74) is 4.17. The largest absolute Gasteiger partial charge is 0.390 e. The molecule has 1 aromatic rings. The van der Waals surface area contributed by atoms with Crippen LogP contribution in [0.3, 0.4) is 0 Å². The van der Waals surface area contributed by atoms with Crippen LogP contribution in [0.25, 0.3) is 0 Å². The Morgan fingerprint density at radius 1 is 1.35 bits per heavy atom. The van der Waals surface area contributed by atoms with Crippen molar-refractivity contribution in [3.63, 3.8) is 0 Å². The molecule has 4 N–H and O–H groups in total. The topological polar surface area (TPSA) is 71.4 Å². The second-order valence-corrected chi connectivity index (χ2v) is 5.69. The summed E-state index contributed by atoms with van der Waals surface area (Å²) in [7, 11) is 3.56. The summed E-state index contributed by atoms with van der Waals surface area (Å²) in [6.07, 6.45) is 1.11. The third kappa shape index (κ3) is 4.18. The number of rotatable bonds is 6. The van der Waals surface area contributed by atoms with E-state index in [-0.39, 0.29) is 5.69 Å². The SMILES string of the molecule is CN(C)c1cc(F)c([NH3+])cc1N(C=O)CCC(C)(C)O. The van der Waals surface area contributed by atoms with Crippen molar-refractivity contribution >= 4 is 23.5 Å². The highest BCUT2D eigenvalue weighted by Gasteiger charge is 2.20. The Morgan fingerprint density at radius 2 is 1.95 bits per heavy atom. The standard InChI is InChI=1S/C14H22FN3O2/c1-14(2,20)5-6-18(9-19)13-8-11(16)10(15)7-12(13)17(3)4/h7-9,20H,5-6,16H2,1-4H3/p+1. The fourth-order valence-corrected chi connectivity index (χ4v) is 1.81. The Kier molecular flexibility index (Phi) is 5.08. The third-order valence-corrected chi connectivity index (χ3v) is 3.03. The Bertz CT molecular complexity index is 484. The van der Waals surface area contributed by atoms with E-state index in [9.17, 15) is 14.3 Å². The van der Waals surface area contributed by atoms with Crippen molar-refractivity contribution in [1.82, 2.24) is 0 Å². The Labute approximate surface area is 118 Å². The van der Waals surface area contributed by atoms with Crippen molar-refractivity contribution in [3.8, 4) is 0 Å². The number of aliphatic hydroxyl groups is 1. The van der Waals surface area contributed by atoms with Gasteiger partial charge in [-0.25, -0.2) is 4.39 Å². The van der Waals surface area contributed by atoms with Gasteiger partial charge in [-0.3, -0.25) is 4.79 Å². The van der Waals surface area contributed by atoms with Crippen molar-refractivity contribution in [2.24, 2.45) is 0 Å². The summed E-state index contributed by atoms with van der Waals surface area (Å²) in [5, 5.41) is 9.76. The van der Waals surface area contributed by atoms with E-state index in [0.29, 0.717) is 30.8 Å². The molecule has 6 heteroatoms. The molecule has 0 aliphatic carbocycles. The van der Waals surface area contributed by atoms with Gasteiger partial charge in [0.2, 0.25) is 6.41 Å². The number of amides is 1. The fraction of sp³-hybridized carbons (Fsp3) is 0.500. The lowest BCUT2D eigenvalue weighted by molar-refractivity contribution is -0.258. The van der Waals surface area contributed by atoms with Gasteiger partial charge in [0.1, 0.15) is 0 Å². The number of anilines is 2. The molecule has 1 rings (SSSR count). The lowest BCUT2D eigenvalue weighted by atomic mass is 10.1. The average molecular weight is 284 g/mol. The summed E-state index contributed by atoms with van der Waals surface area (Å²) in [6.45, 7) is 3.71. The molecule has 0 saturated heterocycles. The Balaban J connectivity index is 3.13. The fourth-order valence-electron chi connectivity index (χ4n) is 1.81. The van der Waals surface area contributed by atoms with Crippen LogP contribution in [0.1, 0.15) is 20.3 Å². The van der Waals surface area contributed by atoms with Crippen LogP contribution >= 0.6 is 0 Å². The minimum Gasteiger partial charge on any atom is -0.390 e. The first-order valence-corrected chi connectivity index (χ1v) is 6.43. The maximum atomic E-state index is 13.6. The van der Waals surface area contributed by atoms with Crippen LogP contribution < -0.4 is 15.5 Å². The molecule has 0 atom stereocenters. The molecule has 0 spiro atoms. The van der Waals surface area contributed by atoms with Crippen LogP contribution in [0.2, 0.25) is 0 Å². The van der Waals surface area contributed by atoms with E-state index in [1.54, 1.807) is 38.9 Å². The quantitative estimate of drug-likeness (QED) is 0.762. The van der Waals surface area contributed by atoms with Crippen LogP contribution in [0.15, 0.2) is 12.1 Å². The zero-order valence-corrected chi connectivity index (χ0v) is 12.5. The van der Waals surface area contributed by atoms with Gasteiger partial charge in [0.15, 0.2) is 11.5 Å². The van der Waals surface area contributed by atoms with Gasteiger partial charge in [0.25, 0.3) is 0 Å². The molecule has 0 unspecified atom stereocenters. The molecule has 5 nitrogen and oxygen atoms in total. The van der Waals surface area contributed by atoms with E-state index in [2.05, 4.69) is 5.73 Å². The van der Waals surface area contributed by atoms with Gasteiger partial charge < -0.3 is 20.6 Å². The van der Waals surface area contributed by atoms with Gasteiger partial charge in [0, 0.05) is 32.8 Å². The van der Waals surface area contributed by atoms with Gasteiger partial charge in [-0.2, -0.15) is 0 Å². The normalized spacial score (nSPS) is 11.3. The van der Waals surface area contributed by atoms with Gasteiger partial charge in [-0.15, -0.1) is 0 Å². The van der Waals surface area contributed by atoms with Gasteiger partial charge in [0.05, 0.1) is 17.0 Å². The van der Waals surface area contributed by atoms with E-state index >= 15 is 0 Å². The molecule has 20 heavy (non-hydrogen) atoms. The first-order valence-electron chi connectivity index (χ1n) is 6.43. The first-order chi connectivity index (χ1) is 9.15. The third-order valence-electron chi connectivity index (χ3n) is 3.03. The Hall–Kier alpha value is -1.66. The summed E-state index contributed by atoms with van der Waals surface area (Å²) in [5.74, 6) is -0.411. The molecule has 1 aromatic carbocycles. The predicted octanol–water partition coefficient (Wildman–Crippen LogP) is 0.889. The number of hydrogen-bond acceptors (Lipinski definition) is 3. The zero-order chi connectivity index (χ0) is 15.5. The second-order valence-electron chi connectivity index (χ2n) is 5.69. The Morgan fingerprint density at radius 3 is 2.40 bits per heavy atom. The molecule has 112 valence electrons. The van der Waals surface area contributed by atoms with E-state index in [1.807, 2.05) is 0 Å². The molecule has 0 aliphatic rings. The maximum Gasteiger partial charge on any atom is 0.214 e. The molecule has 0 aliphatic heterocycles. The molecular weight excluding hydrogens is 261 g/mol. The van der Waals surface area contributed by atoms with Crippen LogP contribution in [0.5, 0.6) is 0 Å². The van der Waals surface area contributed by atoms with Crippen molar-refractivity contribution in [2.45, 2.75) is 25.9 Å². The van der Waals surface area contributed by atoms with Gasteiger partial charge >= 0.3 is 0 Å². The summed E-state index contributed by atoms with van der Waals surface area (Å²) < 4.78 is 13.6. The van der Waals surface area contributed by atoms with Crippen LogP contribution in [-0.4, -0.2) is 37.8 Å². The molecule has 0 bridgehead atoms. The van der Waals surface area contributed by atoms with Crippen LogP contribution in [0.4, 0.5) is 21.5 Å². The number of nitrogens with zero attached hydrogens (tertiary/aromatic N) is 2. The van der Waals surface area contributed by atoms with Gasteiger partial charge in [-0.1, -0.05) is 0 Å². The highest BCUT2D eigenvalue weighted by Crippen LogP contribution is 2.31. The highest BCUT2D eigenvalue weighted by molar-refractivity contribution is 5.85. The van der Waals surface area contributed by atoms with E-state index in [4.69, 9.17) is 0 Å². The van der Waals surface area contributed by atoms with Crippen LogP contribution in [0, 0.1) is 5.82 Å². The number of benzene rings is 1. The molecule has 1 amide bonds. The molecule has 0 aromatic heterocycles. The molecule has 0 fully saturated rings. The second kappa shape index (κ2) is 6.19. The van der Waals surface area contributed by atoms with Crippen molar-refractivity contribution in [1.29, 1.82) is 0 Å². The van der Waals surface area contributed by atoms with Crippen molar-refractivity contribution in [2.75, 3.05) is 30.4 Å². The van der Waals surface area contributed by atoms with E-state index in [0.717, 1.165) is 0 Å². The first kappa shape index (κ1) is 16.4. The van der Waals surface area contributed by atoms with Crippen molar-refractivity contribution < 1.29 is 20.0 Å². The minimum absolute atomic E-state index is 0.237. The smallest absolute Gasteiger partial charge is 0.214 e. The number of carbonyl (C=O) groups is 1. The van der Waals surface area contributed by atoms with Crippen LogP contribution in [-0.2, 0) is 4.79 Å². The maximum absolute atomic E-state index is 13.6. The molecular formula is C14H23FN3O2+. The summed E-state index contributed by atoms with van der Waals surface area (Å²) in [4.78, 5) is 14.5. The monoisotopic (exact) mass is 284 g/mol. The lowest BCUT2D eigenvalue weighted by Gasteiger charge is -2.27. The zero-order valence-electron chi connectivity index (χ0n) is 12.5. The van der Waals surface area contributed by atoms with E-state index < -0.39 is 11.4 Å². The molecule has 0 radical (unpaired) electrons. The number of carbonyl (C=O) groups excluding carboxylic acids is 1. The number of halogens is 1.